The Labute approximate surface area is 105 Å². The third-order valence-electron chi connectivity index (χ3n) is 2.69. The average Bonchev–Trinajstić information content (AvgIpc) is 2.49. The number of aromatic nitrogens is 3. The van der Waals surface area contributed by atoms with Gasteiger partial charge in [-0.15, -0.1) is 0 Å². The summed E-state index contributed by atoms with van der Waals surface area (Å²) >= 11 is 0. The molecule has 0 amide bonds. The molecule has 2 aromatic heterocycles. The van der Waals surface area contributed by atoms with Crippen molar-refractivity contribution in [1.29, 1.82) is 0 Å². The lowest BCUT2D eigenvalue weighted by Gasteiger charge is -2.03. The molecule has 0 fully saturated rings. The maximum Gasteiger partial charge on any atom is 0.116 e. The van der Waals surface area contributed by atoms with Crippen LogP contribution in [-0.2, 0) is 0 Å². The normalized spacial score (nSPS) is 10.2. The fourth-order valence-corrected chi connectivity index (χ4v) is 1.80. The molecule has 3 rings (SSSR count). The van der Waals surface area contributed by atoms with E-state index in [9.17, 15) is 0 Å². The van der Waals surface area contributed by atoms with Crippen LogP contribution in [0.5, 0.6) is 0 Å². The van der Waals surface area contributed by atoms with Crippen LogP contribution in [-0.4, -0.2) is 15.0 Å². The molecule has 2 heterocycles. The Hall–Kier alpha value is -2.55. The molecule has 86 valence electrons. The van der Waals surface area contributed by atoms with Gasteiger partial charge in [0.2, 0.25) is 0 Å². The predicted molar refractivity (Wildman–Crippen MR) is 70.7 cm³/mol. The lowest BCUT2D eigenvalue weighted by Crippen LogP contribution is -1.89. The van der Waals surface area contributed by atoms with Crippen LogP contribution in [0.15, 0.2) is 67.3 Å². The van der Waals surface area contributed by atoms with E-state index in [0.717, 1.165) is 22.5 Å². The van der Waals surface area contributed by atoms with Gasteiger partial charge in [0.05, 0.1) is 11.4 Å². The topological polar surface area (TPSA) is 38.7 Å². The quantitative estimate of drug-likeness (QED) is 0.682. The Morgan fingerprint density at radius 2 is 1.44 bits per heavy atom. The summed E-state index contributed by atoms with van der Waals surface area (Å²) in [5.41, 5.74) is 3.89. The van der Waals surface area contributed by atoms with E-state index in [0.29, 0.717) is 0 Å². The molecule has 0 N–H and O–H groups in total. The van der Waals surface area contributed by atoms with Gasteiger partial charge in [-0.1, -0.05) is 30.3 Å². The van der Waals surface area contributed by atoms with Crippen LogP contribution < -0.4 is 0 Å². The zero-order valence-corrected chi connectivity index (χ0v) is 9.69. The van der Waals surface area contributed by atoms with Crippen LogP contribution in [0.25, 0.3) is 22.5 Å². The summed E-state index contributed by atoms with van der Waals surface area (Å²) in [4.78, 5) is 12.7. The van der Waals surface area contributed by atoms with Gasteiger partial charge in [0.25, 0.3) is 0 Å². The summed E-state index contributed by atoms with van der Waals surface area (Å²) < 4.78 is 0. The van der Waals surface area contributed by atoms with Gasteiger partial charge in [0, 0.05) is 23.5 Å². The van der Waals surface area contributed by atoms with Crippen LogP contribution in [0, 0.1) is 0 Å². The van der Waals surface area contributed by atoms with E-state index in [1.807, 2.05) is 48.5 Å². The van der Waals surface area contributed by atoms with E-state index < -0.39 is 0 Å². The monoisotopic (exact) mass is 233 g/mol. The molecule has 0 bridgehead atoms. The van der Waals surface area contributed by atoms with Crippen molar-refractivity contribution in [2.24, 2.45) is 0 Å². The molecule has 0 saturated carbocycles. The number of hydrogen-bond acceptors (Lipinski definition) is 3. The minimum atomic E-state index is 0.886. The van der Waals surface area contributed by atoms with Crippen LogP contribution >= 0.6 is 0 Å². The molecule has 1 aromatic carbocycles. The Morgan fingerprint density at radius 3 is 2.17 bits per heavy atom. The third kappa shape index (κ3) is 2.11. The van der Waals surface area contributed by atoms with Crippen molar-refractivity contribution in [3.8, 4) is 22.5 Å². The predicted octanol–water partition coefficient (Wildman–Crippen LogP) is 3.21. The van der Waals surface area contributed by atoms with Gasteiger partial charge in [0.15, 0.2) is 0 Å². The molecule has 0 aliphatic carbocycles. The summed E-state index contributed by atoms with van der Waals surface area (Å²) in [6.45, 7) is 0. The molecular weight excluding hydrogens is 222 g/mol. The minimum absolute atomic E-state index is 0.886. The van der Waals surface area contributed by atoms with E-state index in [1.165, 1.54) is 0 Å². The maximum atomic E-state index is 4.30. The van der Waals surface area contributed by atoms with Crippen LogP contribution in [0.4, 0.5) is 0 Å². The number of hydrogen-bond donors (Lipinski definition) is 0. The zero-order valence-electron chi connectivity index (χ0n) is 9.69. The summed E-state index contributed by atoms with van der Waals surface area (Å²) in [7, 11) is 0. The molecule has 0 spiro atoms. The highest BCUT2D eigenvalue weighted by Gasteiger charge is 2.03. The van der Waals surface area contributed by atoms with E-state index in [1.54, 1.807) is 18.7 Å². The number of pyridine rings is 1. The zero-order chi connectivity index (χ0) is 12.2. The van der Waals surface area contributed by atoms with Gasteiger partial charge in [-0.05, 0) is 18.2 Å². The van der Waals surface area contributed by atoms with Gasteiger partial charge >= 0.3 is 0 Å². The minimum Gasteiger partial charge on any atom is -0.264 e. The molecule has 0 aliphatic rings. The van der Waals surface area contributed by atoms with Crippen LogP contribution in [0.3, 0.4) is 0 Å². The van der Waals surface area contributed by atoms with Gasteiger partial charge in [0.1, 0.15) is 6.33 Å². The SMILES string of the molecule is c1ccc(-c2cc(-c3cccnc3)ncn2)cc1. The molecule has 0 saturated heterocycles. The fourth-order valence-electron chi connectivity index (χ4n) is 1.80. The number of benzene rings is 1. The van der Waals surface area contributed by atoms with Crippen molar-refractivity contribution in [3.05, 3.63) is 67.3 Å². The van der Waals surface area contributed by atoms with Crippen molar-refractivity contribution in [2.75, 3.05) is 0 Å². The van der Waals surface area contributed by atoms with E-state index in [4.69, 9.17) is 0 Å². The number of rotatable bonds is 2. The highest BCUT2D eigenvalue weighted by atomic mass is 14.8. The molecule has 3 nitrogen and oxygen atoms in total. The molecule has 0 unspecified atom stereocenters. The van der Waals surface area contributed by atoms with Crippen LogP contribution in [0.2, 0.25) is 0 Å². The van der Waals surface area contributed by atoms with Crippen LogP contribution in [0.1, 0.15) is 0 Å². The molecule has 3 aromatic rings. The summed E-state index contributed by atoms with van der Waals surface area (Å²) in [5.74, 6) is 0. The number of nitrogens with zero attached hydrogens (tertiary/aromatic N) is 3. The maximum absolute atomic E-state index is 4.30. The Morgan fingerprint density at radius 1 is 0.722 bits per heavy atom. The average molecular weight is 233 g/mol. The highest BCUT2D eigenvalue weighted by molar-refractivity contribution is 5.66. The summed E-state index contributed by atoms with van der Waals surface area (Å²) in [5, 5.41) is 0. The van der Waals surface area contributed by atoms with E-state index in [2.05, 4.69) is 15.0 Å². The van der Waals surface area contributed by atoms with Crippen molar-refractivity contribution < 1.29 is 0 Å². The Kier molecular flexibility index (Phi) is 2.80. The molecule has 0 aliphatic heterocycles. The second-order valence-electron chi connectivity index (χ2n) is 3.90. The molecular formula is C15H11N3. The van der Waals surface area contributed by atoms with Crippen molar-refractivity contribution in [2.45, 2.75) is 0 Å². The summed E-state index contributed by atoms with van der Waals surface area (Å²) in [6, 6.07) is 15.9. The standard InChI is InChI=1S/C15H11N3/c1-2-5-12(6-3-1)14-9-15(18-11-17-14)13-7-4-8-16-10-13/h1-11H. The molecule has 18 heavy (non-hydrogen) atoms. The van der Waals surface area contributed by atoms with Crippen molar-refractivity contribution in [1.82, 2.24) is 15.0 Å². The van der Waals surface area contributed by atoms with E-state index >= 15 is 0 Å². The highest BCUT2D eigenvalue weighted by Crippen LogP contribution is 2.21. The fraction of sp³-hybridized carbons (Fsp3) is 0. The third-order valence-corrected chi connectivity index (χ3v) is 2.69. The molecule has 0 radical (unpaired) electrons. The largest absolute Gasteiger partial charge is 0.264 e. The second-order valence-corrected chi connectivity index (χ2v) is 3.90. The van der Waals surface area contributed by atoms with Crippen molar-refractivity contribution >= 4 is 0 Å². The van der Waals surface area contributed by atoms with Gasteiger partial charge in [-0.25, -0.2) is 9.97 Å². The first-order chi connectivity index (χ1) is 8.93. The Bertz CT molecular complexity index is 581. The van der Waals surface area contributed by atoms with Gasteiger partial charge < -0.3 is 0 Å². The lowest BCUT2D eigenvalue weighted by atomic mass is 10.1. The summed E-state index contributed by atoms with van der Waals surface area (Å²) in [6.07, 6.45) is 5.14. The first-order valence-electron chi connectivity index (χ1n) is 5.71. The lowest BCUT2D eigenvalue weighted by molar-refractivity contribution is 1.17. The Balaban J connectivity index is 2.05. The first-order valence-corrected chi connectivity index (χ1v) is 5.71. The first kappa shape index (κ1) is 10.6. The smallest absolute Gasteiger partial charge is 0.116 e. The second kappa shape index (κ2) is 4.75. The molecule has 0 atom stereocenters. The molecule has 3 heteroatoms. The van der Waals surface area contributed by atoms with Crippen molar-refractivity contribution in [3.63, 3.8) is 0 Å². The van der Waals surface area contributed by atoms with E-state index in [-0.39, 0.29) is 0 Å². The van der Waals surface area contributed by atoms with Gasteiger partial charge in [-0.2, -0.15) is 0 Å². The van der Waals surface area contributed by atoms with Gasteiger partial charge in [-0.3, -0.25) is 4.98 Å².